The third kappa shape index (κ3) is 3.65. The Labute approximate surface area is 130 Å². The van der Waals surface area contributed by atoms with E-state index in [1.807, 2.05) is 0 Å². The van der Waals surface area contributed by atoms with Crippen molar-refractivity contribution in [1.29, 1.82) is 0 Å². The van der Waals surface area contributed by atoms with E-state index in [9.17, 15) is 30.6 Å². The molecular weight excluding hydrogens is 320 g/mol. The summed E-state index contributed by atoms with van der Waals surface area (Å²) in [6.07, 6.45) is -16.3. The van der Waals surface area contributed by atoms with E-state index in [-0.39, 0.29) is 0 Å². The van der Waals surface area contributed by atoms with Crippen LogP contribution in [0.25, 0.3) is 0 Å². The average molecular weight is 341 g/mol. The van der Waals surface area contributed by atoms with Gasteiger partial charge in [-0.25, -0.2) is 0 Å². The van der Waals surface area contributed by atoms with E-state index in [1.54, 1.807) is 0 Å². The summed E-state index contributed by atoms with van der Waals surface area (Å²) in [5, 5.41) is 78.6. The van der Waals surface area contributed by atoms with Gasteiger partial charge in [0.25, 0.3) is 0 Å². The molecule has 2 aliphatic rings. The fourth-order valence-corrected chi connectivity index (χ4v) is 2.54. The number of aliphatic hydroxyl groups is 7. The summed E-state index contributed by atoms with van der Waals surface area (Å²) in [7, 11) is 0. The molecule has 0 bridgehead atoms. The Morgan fingerprint density at radius 1 is 0.739 bits per heavy atom. The topological polar surface area (TPSA) is 192 Å². The molecule has 136 valence electrons. The maximum Gasteiger partial charge on any atom is 0.187 e. The third-order valence-corrected chi connectivity index (χ3v) is 3.96. The summed E-state index contributed by atoms with van der Waals surface area (Å²) in [5.41, 5.74) is 0. The molecule has 2 fully saturated rings. The zero-order valence-electron chi connectivity index (χ0n) is 12.0. The van der Waals surface area contributed by atoms with Crippen LogP contribution in [0.4, 0.5) is 0 Å². The van der Waals surface area contributed by atoms with Crippen LogP contribution in [0.3, 0.4) is 0 Å². The van der Waals surface area contributed by atoms with Crippen molar-refractivity contribution in [3.63, 3.8) is 0 Å². The summed E-state index contributed by atoms with van der Waals surface area (Å²) >= 11 is 0. The van der Waals surface area contributed by atoms with E-state index in [0.29, 0.717) is 0 Å². The molecule has 23 heavy (non-hydrogen) atoms. The largest absolute Gasteiger partial charge is 0.829 e. The van der Waals surface area contributed by atoms with E-state index in [0.717, 1.165) is 0 Å². The van der Waals surface area contributed by atoms with E-state index >= 15 is 0 Å². The highest BCUT2D eigenvalue weighted by Gasteiger charge is 2.48. The van der Waals surface area contributed by atoms with E-state index in [1.165, 1.54) is 0 Å². The molecule has 0 aromatic carbocycles. The lowest BCUT2D eigenvalue weighted by Crippen LogP contribution is -2.66. The minimum absolute atomic E-state index is 0.690. The molecule has 10 atom stereocenters. The molecule has 11 heteroatoms. The quantitative estimate of drug-likeness (QED) is 0.257. The number of hydrogen-bond acceptors (Lipinski definition) is 11. The minimum atomic E-state index is -2.00. The monoisotopic (exact) mass is 341 g/mol. The summed E-state index contributed by atoms with van der Waals surface area (Å²) < 4.78 is 14.9. The van der Waals surface area contributed by atoms with Crippen LogP contribution in [-0.2, 0) is 14.2 Å². The van der Waals surface area contributed by atoms with E-state index in [2.05, 4.69) is 0 Å². The van der Waals surface area contributed by atoms with Gasteiger partial charge in [0.1, 0.15) is 48.8 Å². The van der Waals surface area contributed by atoms with Gasteiger partial charge in [0, 0.05) is 6.29 Å². The molecule has 0 radical (unpaired) electrons. The van der Waals surface area contributed by atoms with E-state index in [4.69, 9.17) is 24.4 Å². The first-order valence-electron chi connectivity index (χ1n) is 7.06. The molecule has 2 heterocycles. The molecule has 0 amide bonds. The lowest BCUT2D eigenvalue weighted by molar-refractivity contribution is -0.541. The van der Waals surface area contributed by atoms with Gasteiger partial charge in [-0.1, -0.05) is 0 Å². The Kier molecular flexibility index (Phi) is 6.27. The summed E-state index contributed by atoms with van der Waals surface area (Å²) in [6, 6.07) is 0. The maximum absolute atomic E-state index is 11.9. The average Bonchev–Trinajstić information content (AvgIpc) is 2.54. The van der Waals surface area contributed by atoms with Crippen molar-refractivity contribution in [3.8, 4) is 0 Å². The molecule has 0 spiro atoms. The molecular formula is C12H21O11-. The van der Waals surface area contributed by atoms with Gasteiger partial charge in [-0.05, 0) is 0 Å². The third-order valence-electron chi connectivity index (χ3n) is 3.96. The molecule has 7 N–H and O–H groups in total. The number of rotatable bonds is 4. The molecule has 2 aliphatic heterocycles. The summed E-state index contributed by atoms with van der Waals surface area (Å²) in [5.74, 6) is 0. The molecule has 2 unspecified atom stereocenters. The van der Waals surface area contributed by atoms with Crippen LogP contribution in [-0.4, -0.2) is 110 Å². The molecule has 0 aromatic rings. The van der Waals surface area contributed by atoms with Gasteiger partial charge in [0.15, 0.2) is 6.29 Å². The first-order valence-corrected chi connectivity index (χ1v) is 7.06. The van der Waals surface area contributed by atoms with Crippen molar-refractivity contribution < 1.29 is 55.1 Å². The second kappa shape index (κ2) is 7.63. The van der Waals surface area contributed by atoms with Crippen LogP contribution in [0.1, 0.15) is 0 Å². The SMILES string of the molecule is [O-]C1O[C@H](CO)[C@@H](O)[C@H](O)[C@@H]1OC1O[C@H](CO)[C@H](O)[C@H](O)[C@@H]1O. The second-order valence-electron chi connectivity index (χ2n) is 5.50. The Balaban J connectivity index is 2.08. The molecule has 2 saturated heterocycles. The molecule has 0 aliphatic carbocycles. The molecule has 0 saturated carbocycles. The lowest BCUT2D eigenvalue weighted by atomic mass is 9.97. The number of ether oxygens (including phenoxy) is 3. The van der Waals surface area contributed by atoms with E-state index < -0.39 is 74.6 Å². The lowest BCUT2D eigenvalue weighted by Gasteiger charge is -2.48. The zero-order chi connectivity index (χ0) is 17.3. The number of aliphatic hydroxyl groups excluding tert-OH is 7. The van der Waals surface area contributed by atoms with Crippen molar-refractivity contribution in [3.05, 3.63) is 0 Å². The smallest absolute Gasteiger partial charge is 0.187 e. The van der Waals surface area contributed by atoms with Crippen LogP contribution >= 0.6 is 0 Å². The number of hydrogen-bond donors (Lipinski definition) is 7. The molecule has 0 aromatic heterocycles. The predicted octanol–water partition coefficient (Wildman–Crippen LogP) is -6.03. The fraction of sp³-hybridized carbons (Fsp3) is 1.00. The van der Waals surface area contributed by atoms with Crippen LogP contribution in [0.5, 0.6) is 0 Å². The standard InChI is InChI=1S/C12H21O11/c13-1-3-6(16)8(18)10(11(20)21-3)23-12-9(19)7(17)5(15)4(2-14)22-12/h3-19H,1-2H2/q-1/t3-,4-,5+,6-,7+,8+,9+,10+,11?,12?/m1/s1. The van der Waals surface area contributed by atoms with Gasteiger partial charge in [0.05, 0.1) is 13.2 Å². The Morgan fingerprint density at radius 2 is 1.26 bits per heavy atom. The first kappa shape index (κ1) is 18.9. The predicted molar refractivity (Wildman–Crippen MR) is 66.4 cm³/mol. The van der Waals surface area contributed by atoms with Gasteiger partial charge in [-0.3, -0.25) is 0 Å². The van der Waals surface area contributed by atoms with Crippen LogP contribution in [0, 0.1) is 0 Å². The normalized spacial score (nSPS) is 51.7. The van der Waals surface area contributed by atoms with Crippen molar-refractivity contribution in [2.75, 3.05) is 13.2 Å². The molecule has 11 nitrogen and oxygen atoms in total. The van der Waals surface area contributed by atoms with Crippen molar-refractivity contribution in [1.82, 2.24) is 0 Å². The fourth-order valence-electron chi connectivity index (χ4n) is 2.54. The Bertz CT molecular complexity index is 380. The van der Waals surface area contributed by atoms with Gasteiger partial charge in [-0.2, -0.15) is 0 Å². The Hall–Kier alpha value is -0.440. The van der Waals surface area contributed by atoms with Gasteiger partial charge < -0.3 is 55.1 Å². The van der Waals surface area contributed by atoms with Gasteiger partial charge in [-0.15, -0.1) is 0 Å². The van der Waals surface area contributed by atoms with Crippen molar-refractivity contribution >= 4 is 0 Å². The van der Waals surface area contributed by atoms with Crippen LogP contribution in [0.2, 0.25) is 0 Å². The maximum atomic E-state index is 11.9. The zero-order valence-corrected chi connectivity index (χ0v) is 12.0. The van der Waals surface area contributed by atoms with Gasteiger partial charge >= 0.3 is 0 Å². The summed E-state index contributed by atoms with van der Waals surface area (Å²) in [4.78, 5) is 0. The highest BCUT2D eigenvalue weighted by atomic mass is 16.7. The minimum Gasteiger partial charge on any atom is -0.829 e. The Morgan fingerprint density at radius 3 is 1.83 bits per heavy atom. The van der Waals surface area contributed by atoms with Gasteiger partial charge in [0.2, 0.25) is 0 Å². The molecule has 2 rings (SSSR count). The van der Waals surface area contributed by atoms with Crippen LogP contribution < -0.4 is 5.11 Å². The van der Waals surface area contributed by atoms with Crippen molar-refractivity contribution in [2.24, 2.45) is 0 Å². The highest BCUT2D eigenvalue weighted by molar-refractivity contribution is 4.92. The first-order chi connectivity index (χ1) is 10.8. The second-order valence-corrected chi connectivity index (χ2v) is 5.50. The summed E-state index contributed by atoms with van der Waals surface area (Å²) in [6.45, 7) is -1.38. The van der Waals surface area contributed by atoms with Crippen molar-refractivity contribution in [2.45, 2.75) is 61.4 Å². The highest BCUT2D eigenvalue weighted by Crippen LogP contribution is 2.27. The van der Waals surface area contributed by atoms with Crippen LogP contribution in [0.15, 0.2) is 0 Å².